The Bertz CT molecular complexity index is 3550. The molecule has 0 unspecified atom stereocenters. The summed E-state index contributed by atoms with van der Waals surface area (Å²) in [5, 5.41) is 2.22. The van der Waals surface area contributed by atoms with Crippen LogP contribution in [-0.2, 0) is 5.41 Å². The Morgan fingerprint density at radius 2 is 0.871 bits per heavy atom. The largest absolute Gasteiger partial charge is 0.292 e. The fourth-order valence-electron chi connectivity index (χ4n) is 10.3. The highest BCUT2D eigenvalue weighted by molar-refractivity contribution is 5.97. The number of nitrogens with zero attached hydrogens (tertiary/aromatic N) is 5. The van der Waals surface area contributed by atoms with Gasteiger partial charge in [-0.15, -0.1) is 0 Å². The molecule has 5 heteroatoms. The van der Waals surface area contributed by atoms with Crippen molar-refractivity contribution < 1.29 is 0 Å². The van der Waals surface area contributed by atoms with Crippen molar-refractivity contribution in [1.82, 2.24) is 24.5 Å². The summed E-state index contributed by atoms with van der Waals surface area (Å²) in [6.07, 6.45) is 0. The molecule has 0 amide bonds. The van der Waals surface area contributed by atoms with E-state index in [0.717, 1.165) is 55.6 Å². The third-order valence-electron chi connectivity index (χ3n) is 12.9. The number of rotatable bonds is 5. The first-order chi connectivity index (χ1) is 30.7. The van der Waals surface area contributed by atoms with Gasteiger partial charge in [0.2, 0.25) is 0 Å². The second kappa shape index (κ2) is 13.4. The number of para-hydroxylation sites is 3. The highest BCUT2D eigenvalue weighted by Crippen LogP contribution is 2.63. The summed E-state index contributed by atoms with van der Waals surface area (Å²) in [5.41, 5.74) is 16.6. The van der Waals surface area contributed by atoms with Crippen LogP contribution in [0, 0.1) is 0 Å². The lowest BCUT2D eigenvalue weighted by Crippen LogP contribution is -2.25. The fraction of sp³-hybridized carbons (Fsp3) is 0.0175. The van der Waals surface area contributed by atoms with Gasteiger partial charge in [-0.05, 0) is 91.7 Å². The quantitative estimate of drug-likeness (QED) is 0.174. The Morgan fingerprint density at radius 1 is 0.339 bits per heavy atom. The SMILES string of the molecule is c1ccc(-n2c(-c3cccc(-c4nc(-c5ccc6c(c5)-c5ccccc5C65c6ccccc6-c6ccccc65)nc(-c5cccc6ccccc56)n4)c3)nc3ccccc32)cc1. The zero-order valence-electron chi connectivity index (χ0n) is 33.4. The van der Waals surface area contributed by atoms with Crippen LogP contribution in [0.25, 0.3) is 95.3 Å². The van der Waals surface area contributed by atoms with Crippen molar-refractivity contribution in [2.75, 3.05) is 0 Å². The molecule has 0 aliphatic heterocycles. The number of imidazole rings is 1. The Hall–Kier alpha value is -8.28. The van der Waals surface area contributed by atoms with E-state index in [-0.39, 0.29) is 0 Å². The van der Waals surface area contributed by atoms with Gasteiger partial charge in [0.15, 0.2) is 17.5 Å². The second-order valence-corrected chi connectivity index (χ2v) is 16.2. The highest BCUT2D eigenvalue weighted by Gasteiger charge is 2.51. The first-order valence-corrected chi connectivity index (χ1v) is 21.1. The van der Waals surface area contributed by atoms with Crippen LogP contribution in [0.15, 0.2) is 212 Å². The molecule has 13 rings (SSSR count). The molecule has 9 aromatic carbocycles. The van der Waals surface area contributed by atoms with E-state index in [4.69, 9.17) is 19.9 Å². The molecule has 0 atom stereocenters. The molecule has 2 aliphatic rings. The number of hydrogen-bond acceptors (Lipinski definition) is 4. The number of hydrogen-bond donors (Lipinski definition) is 0. The van der Waals surface area contributed by atoms with E-state index in [1.807, 2.05) is 12.1 Å². The topological polar surface area (TPSA) is 56.5 Å². The molecule has 2 aromatic heterocycles. The number of fused-ring (bicyclic) bond motifs is 12. The maximum atomic E-state index is 5.33. The van der Waals surface area contributed by atoms with Crippen molar-refractivity contribution in [3.8, 4) is 73.5 Å². The number of aromatic nitrogens is 5. The normalized spacial score (nSPS) is 13.0. The van der Waals surface area contributed by atoms with E-state index in [1.54, 1.807) is 0 Å². The molecule has 0 N–H and O–H groups in total. The third kappa shape index (κ3) is 4.96. The van der Waals surface area contributed by atoms with Crippen LogP contribution in [-0.4, -0.2) is 24.5 Å². The van der Waals surface area contributed by atoms with Gasteiger partial charge in [-0.25, -0.2) is 19.9 Å². The molecule has 0 saturated carbocycles. The van der Waals surface area contributed by atoms with Crippen LogP contribution >= 0.6 is 0 Å². The molecule has 11 aromatic rings. The summed E-state index contributed by atoms with van der Waals surface area (Å²) < 4.78 is 2.23. The van der Waals surface area contributed by atoms with E-state index < -0.39 is 5.41 Å². The predicted molar refractivity (Wildman–Crippen MR) is 250 cm³/mol. The number of benzene rings is 9. The predicted octanol–water partition coefficient (Wildman–Crippen LogP) is 13.4. The Morgan fingerprint density at radius 3 is 1.63 bits per heavy atom. The lowest BCUT2D eigenvalue weighted by Gasteiger charge is -2.30. The van der Waals surface area contributed by atoms with Crippen LogP contribution in [0.4, 0.5) is 0 Å². The van der Waals surface area contributed by atoms with Crippen molar-refractivity contribution in [3.63, 3.8) is 0 Å². The van der Waals surface area contributed by atoms with E-state index >= 15 is 0 Å². The minimum atomic E-state index is -0.424. The molecule has 2 aliphatic carbocycles. The van der Waals surface area contributed by atoms with Gasteiger partial charge >= 0.3 is 0 Å². The Labute approximate surface area is 358 Å². The first-order valence-electron chi connectivity index (χ1n) is 21.1. The van der Waals surface area contributed by atoms with Crippen molar-refractivity contribution in [2.24, 2.45) is 0 Å². The van der Waals surface area contributed by atoms with E-state index in [1.165, 1.54) is 44.5 Å². The second-order valence-electron chi connectivity index (χ2n) is 16.2. The monoisotopic (exact) mass is 789 g/mol. The Balaban J connectivity index is 1.02. The fourth-order valence-corrected chi connectivity index (χ4v) is 10.3. The van der Waals surface area contributed by atoms with Crippen LogP contribution < -0.4 is 0 Å². The Kier molecular flexibility index (Phi) is 7.45. The molecular formula is C57H35N5. The molecule has 288 valence electrons. The average molecular weight is 790 g/mol. The van der Waals surface area contributed by atoms with Crippen molar-refractivity contribution in [1.29, 1.82) is 0 Å². The van der Waals surface area contributed by atoms with Crippen LogP contribution in [0.5, 0.6) is 0 Å². The molecule has 0 bridgehead atoms. The van der Waals surface area contributed by atoms with Gasteiger partial charge in [0.1, 0.15) is 5.82 Å². The summed E-state index contributed by atoms with van der Waals surface area (Å²) in [6, 6.07) is 75.5. The van der Waals surface area contributed by atoms with Crippen LogP contribution in [0.1, 0.15) is 22.3 Å². The lowest BCUT2D eigenvalue weighted by atomic mass is 9.70. The van der Waals surface area contributed by atoms with Crippen molar-refractivity contribution in [3.05, 3.63) is 235 Å². The maximum absolute atomic E-state index is 5.33. The molecule has 0 fully saturated rings. The van der Waals surface area contributed by atoms with Gasteiger partial charge in [-0.3, -0.25) is 4.57 Å². The molecule has 0 saturated heterocycles. The third-order valence-corrected chi connectivity index (χ3v) is 12.9. The summed E-state index contributed by atoms with van der Waals surface area (Å²) in [5.74, 6) is 2.69. The minimum absolute atomic E-state index is 0.424. The summed E-state index contributed by atoms with van der Waals surface area (Å²) in [6.45, 7) is 0. The van der Waals surface area contributed by atoms with Crippen molar-refractivity contribution in [2.45, 2.75) is 5.41 Å². The zero-order valence-corrected chi connectivity index (χ0v) is 33.4. The molecular weight excluding hydrogens is 755 g/mol. The van der Waals surface area contributed by atoms with E-state index in [9.17, 15) is 0 Å². The van der Waals surface area contributed by atoms with Gasteiger partial charge in [0.05, 0.1) is 16.4 Å². The molecule has 1 spiro atoms. The maximum Gasteiger partial charge on any atom is 0.164 e. The summed E-state index contributed by atoms with van der Waals surface area (Å²) in [7, 11) is 0. The van der Waals surface area contributed by atoms with Gasteiger partial charge in [0, 0.05) is 27.9 Å². The molecule has 5 nitrogen and oxygen atoms in total. The minimum Gasteiger partial charge on any atom is -0.292 e. The lowest BCUT2D eigenvalue weighted by molar-refractivity contribution is 0.794. The van der Waals surface area contributed by atoms with Gasteiger partial charge < -0.3 is 0 Å². The molecule has 0 radical (unpaired) electrons. The smallest absolute Gasteiger partial charge is 0.164 e. The van der Waals surface area contributed by atoms with E-state index in [2.05, 4.69) is 205 Å². The highest BCUT2D eigenvalue weighted by atomic mass is 15.1. The van der Waals surface area contributed by atoms with Gasteiger partial charge in [-0.2, -0.15) is 0 Å². The summed E-state index contributed by atoms with van der Waals surface area (Å²) in [4.78, 5) is 21.1. The van der Waals surface area contributed by atoms with Gasteiger partial charge in [-0.1, -0.05) is 176 Å². The van der Waals surface area contributed by atoms with E-state index in [0.29, 0.717) is 17.5 Å². The molecule has 2 heterocycles. The van der Waals surface area contributed by atoms with Gasteiger partial charge in [0.25, 0.3) is 0 Å². The zero-order chi connectivity index (χ0) is 40.8. The molecule has 62 heavy (non-hydrogen) atoms. The van der Waals surface area contributed by atoms with Crippen LogP contribution in [0.2, 0.25) is 0 Å². The first kappa shape index (κ1) is 34.6. The average Bonchev–Trinajstić information content (AvgIpc) is 3.98. The van der Waals surface area contributed by atoms with Crippen LogP contribution in [0.3, 0.4) is 0 Å². The van der Waals surface area contributed by atoms with Crippen molar-refractivity contribution >= 4 is 21.8 Å². The standard InChI is InChI=1S/C57H35N5/c1-2-20-40(21-3-1)62-52-31-13-12-30-51(52)58-56(62)39-19-14-18-37(34-39)53-59-54(61-55(60-53)45-26-15-17-36-16-4-5-22-41(36)45)38-32-33-50-46(35-38)44-25-8-11-29-49(44)57(50)47-27-9-6-23-42(47)43-24-7-10-28-48(43)57/h1-35H. The summed E-state index contributed by atoms with van der Waals surface area (Å²) >= 11 is 0.